The van der Waals surface area contributed by atoms with Crippen LogP contribution in [-0.4, -0.2) is 18.0 Å². The van der Waals surface area contributed by atoms with Crippen molar-refractivity contribution in [2.24, 2.45) is 5.10 Å². The molecule has 0 atom stereocenters. The number of rotatable bonds is 6. The molecule has 2 N–H and O–H groups in total. The van der Waals surface area contributed by atoms with E-state index in [1.165, 1.54) is 24.9 Å². The highest BCUT2D eigenvalue weighted by Gasteiger charge is 2.06. The molecule has 0 aliphatic carbocycles. The number of carbonyl (C=O) groups excluding carboxylic acids is 2. The molecule has 0 saturated carbocycles. The second-order valence-electron chi connectivity index (χ2n) is 5.67. The summed E-state index contributed by atoms with van der Waals surface area (Å²) >= 11 is 7.33. The van der Waals surface area contributed by atoms with Crippen molar-refractivity contribution in [2.45, 2.75) is 16.9 Å². The lowest BCUT2D eigenvalue weighted by Crippen LogP contribution is -2.17. The molecule has 0 aliphatic rings. The first-order valence-corrected chi connectivity index (χ1v) is 9.43. The van der Waals surface area contributed by atoms with Gasteiger partial charge < -0.3 is 9.73 Å². The van der Waals surface area contributed by atoms with Gasteiger partial charge >= 0.3 is 0 Å². The van der Waals surface area contributed by atoms with E-state index in [1.54, 1.807) is 30.3 Å². The molecule has 8 heteroatoms. The number of hydrogen-bond acceptors (Lipinski definition) is 5. The van der Waals surface area contributed by atoms with Gasteiger partial charge in [-0.25, -0.2) is 5.43 Å². The lowest BCUT2D eigenvalue weighted by atomic mass is 10.2. The Balaban J connectivity index is 1.54. The van der Waals surface area contributed by atoms with Gasteiger partial charge in [-0.3, -0.25) is 9.59 Å². The van der Waals surface area contributed by atoms with Crippen LogP contribution in [0.15, 0.2) is 80.2 Å². The molecule has 3 aromatic rings. The maximum absolute atomic E-state index is 12.1. The summed E-state index contributed by atoms with van der Waals surface area (Å²) in [6, 6.07) is 17.5. The largest absolute Gasteiger partial charge is 0.448 e. The zero-order valence-electron chi connectivity index (χ0n) is 14.8. The molecule has 1 heterocycles. The molecule has 0 radical (unpaired) electrons. The molecule has 0 fully saturated rings. The van der Waals surface area contributed by atoms with Gasteiger partial charge in [0.2, 0.25) is 5.91 Å². The lowest BCUT2D eigenvalue weighted by molar-refractivity contribution is -0.114. The molecule has 1 aromatic heterocycles. The fourth-order valence-corrected chi connectivity index (χ4v) is 3.11. The summed E-state index contributed by atoms with van der Waals surface area (Å²) in [5.74, 6) is -0.0282. The van der Waals surface area contributed by atoms with E-state index in [0.29, 0.717) is 27.1 Å². The van der Waals surface area contributed by atoms with Crippen LogP contribution in [0.4, 0.5) is 5.69 Å². The van der Waals surface area contributed by atoms with Crippen molar-refractivity contribution in [1.82, 2.24) is 5.43 Å². The molecule has 2 aromatic carbocycles. The van der Waals surface area contributed by atoms with Crippen LogP contribution < -0.4 is 10.7 Å². The number of hydrazone groups is 1. The Hall–Kier alpha value is -3.03. The van der Waals surface area contributed by atoms with E-state index in [-0.39, 0.29) is 11.8 Å². The zero-order valence-corrected chi connectivity index (χ0v) is 16.4. The van der Waals surface area contributed by atoms with E-state index in [4.69, 9.17) is 16.0 Å². The van der Waals surface area contributed by atoms with Crippen molar-refractivity contribution in [3.63, 3.8) is 0 Å². The Morgan fingerprint density at radius 2 is 1.75 bits per heavy atom. The molecule has 0 spiro atoms. The first-order valence-electron chi connectivity index (χ1n) is 8.24. The second-order valence-corrected chi connectivity index (χ2v) is 7.18. The van der Waals surface area contributed by atoms with E-state index in [0.717, 1.165) is 4.90 Å². The van der Waals surface area contributed by atoms with Crippen LogP contribution in [0.2, 0.25) is 5.02 Å². The fraction of sp³-hybridized carbons (Fsp3) is 0.0500. The number of amides is 2. The van der Waals surface area contributed by atoms with Crippen molar-refractivity contribution < 1.29 is 14.0 Å². The Morgan fingerprint density at radius 3 is 2.43 bits per heavy atom. The Labute approximate surface area is 171 Å². The van der Waals surface area contributed by atoms with E-state index < -0.39 is 0 Å². The van der Waals surface area contributed by atoms with Gasteiger partial charge in [0.1, 0.15) is 5.76 Å². The van der Waals surface area contributed by atoms with Crippen LogP contribution >= 0.6 is 23.4 Å². The maximum atomic E-state index is 12.1. The average Bonchev–Trinajstić information content (AvgIpc) is 3.11. The molecular formula is C20H16ClN3O3S. The van der Waals surface area contributed by atoms with Gasteiger partial charge in [0.15, 0.2) is 5.09 Å². The number of carbonyl (C=O) groups is 2. The predicted octanol–water partition coefficient (Wildman–Crippen LogP) is 4.81. The highest BCUT2D eigenvalue weighted by Crippen LogP contribution is 2.29. The van der Waals surface area contributed by atoms with Crippen LogP contribution in [0.1, 0.15) is 23.0 Å². The van der Waals surface area contributed by atoms with Gasteiger partial charge in [0, 0.05) is 28.1 Å². The van der Waals surface area contributed by atoms with Gasteiger partial charge in [-0.05, 0) is 60.7 Å². The van der Waals surface area contributed by atoms with Crippen LogP contribution in [0.5, 0.6) is 0 Å². The first-order chi connectivity index (χ1) is 13.5. The highest BCUT2D eigenvalue weighted by molar-refractivity contribution is 7.99. The first kappa shape index (κ1) is 19.7. The number of anilines is 1. The predicted molar refractivity (Wildman–Crippen MR) is 110 cm³/mol. The van der Waals surface area contributed by atoms with Crippen molar-refractivity contribution >= 4 is 47.1 Å². The maximum Gasteiger partial charge on any atom is 0.271 e. The molecule has 28 heavy (non-hydrogen) atoms. The number of halogens is 1. The third-order valence-corrected chi connectivity index (χ3v) is 4.64. The zero-order chi connectivity index (χ0) is 19.9. The van der Waals surface area contributed by atoms with Crippen molar-refractivity contribution in [2.75, 3.05) is 5.32 Å². The van der Waals surface area contributed by atoms with E-state index >= 15 is 0 Å². The number of hydrogen-bond donors (Lipinski definition) is 2. The van der Waals surface area contributed by atoms with Crippen molar-refractivity contribution in [3.05, 3.63) is 77.0 Å². The molecule has 6 nitrogen and oxygen atoms in total. The van der Waals surface area contributed by atoms with Gasteiger partial charge in [0.05, 0.1) is 6.21 Å². The minimum absolute atomic E-state index is 0.172. The summed E-state index contributed by atoms with van der Waals surface area (Å²) in [7, 11) is 0. The quantitative estimate of drug-likeness (QED) is 0.448. The van der Waals surface area contributed by atoms with Gasteiger partial charge in [-0.1, -0.05) is 23.4 Å². The monoisotopic (exact) mass is 413 g/mol. The number of benzene rings is 2. The third-order valence-electron chi connectivity index (χ3n) is 3.46. The number of furan rings is 1. The van der Waals surface area contributed by atoms with Gasteiger partial charge in [-0.15, -0.1) is 0 Å². The molecule has 0 aliphatic heterocycles. The minimum Gasteiger partial charge on any atom is -0.448 e. The topological polar surface area (TPSA) is 83.7 Å². The average molecular weight is 414 g/mol. The van der Waals surface area contributed by atoms with Crippen LogP contribution in [0, 0.1) is 0 Å². The SMILES string of the molecule is CC(=O)Nc1ccc(C(=O)NN=Cc2ccc(Sc3ccc(Cl)cc3)o2)cc1. The summed E-state index contributed by atoms with van der Waals surface area (Å²) in [6.45, 7) is 1.42. The number of nitrogens with zero attached hydrogens (tertiary/aromatic N) is 1. The molecule has 0 saturated heterocycles. The smallest absolute Gasteiger partial charge is 0.271 e. The molecule has 3 rings (SSSR count). The van der Waals surface area contributed by atoms with Crippen LogP contribution in [0.25, 0.3) is 0 Å². The Morgan fingerprint density at radius 1 is 1.04 bits per heavy atom. The van der Waals surface area contributed by atoms with Gasteiger partial charge in [0.25, 0.3) is 5.91 Å². The summed E-state index contributed by atoms with van der Waals surface area (Å²) < 4.78 is 5.65. The Bertz CT molecular complexity index is 998. The number of nitrogens with one attached hydrogen (secondary N) is 2. The minimum atomic E-state index is -0.368. The van der Waals surface area contributed by atoms with Crippen molar-refractivity contribution in [1.29, 1.82) is 0 Å². The molecule has 0 unspecified atom stereocenters. The third kappa shape index (κ3) is 5.73. The summed E-state index contributed by atoms with van der Waals surface area (Å²) in [6.07, 6.45) is 1.43. The molecule has 0 bridgehead atoms. The summed E-state index contributed by atoms with van der Waals surface area (Å²) in [4.78, 5) is 24.1. The van der Waals surface area contributed by atoms with Crippen molar-refractivity contribution in [3.8, 4) is 0 Å². The van der Waals surface area contributed by atoms with E-state index in [9.17, 15) is 9.59 Å². The molecular weight excluding hydrogens is 398 g/mol. The summed E-state index contributed by atoms with van der Waals surface area (Å²) in [5.41, 5.74) is 3.47. The van der Waals surface area contributed by atoms with Crippen LogP contribution in [-0.2, 0) is 4.79 Å². The molecule has 2 amide bonds. The van der Waals surface area contributed by atoms with Crippen LogP contribution in [0.3, 0.4) is 0 Å². The molecule has 142 valence electrons. The highest BCUT2D eigenvalue weighted by atomic mass is 35.5. The Kier molecular flexibility index (Phi) is 6.52. The normalized spacial score (nSPS) is 10.8. The van der Waals surface area contributed by atoms with Gasteiger partial charge in [-0.2, -0.15) is 5.10 Å². The second kappa shape index (κ2) is 9.25. The fourth-order valence-electron chi connectivity index (χ4n) is 2.20. The lowest BCUT2D eigenvalue weighted by Gasteiger charge is -2.03. The summed E-state index contributed by atoms with van der Waals surface area (Å²) in [5, 5.41) is 7.92. The van der Waals surface area contributed by atoms with E-state index in [1.807, 2.05) is 30.3 Å². The standard InChI is InChI=1S/C20H16ClN3O3S/c1-13(25)23-16-6-2-14(3-7-16)20(26)24-22-12-17-8-11-19(27-17)28-18-9-4-15(21)5-10-18/h2-12H,1H3,(H,23,25)(H,24,26). The van der Waals surface area contributed by atoms with E-state index in [2.05, 4.69) is 15.8 Å².